The minimum Gasteiger partial charge on any atom is -0.490 e. The number of ether oxygens (including phenoxy) is 2. The van der Waals surface area contributed by atoms with E-state index in [1.807, 2.05) is 19.1 Å². The number of benzene rings is 2. The van der Waals surface area contributed by atoms with Crippen molar-refractivity contribution in [1.29, 1.82) is 0 Å². The fraction of sp³-hybridized carbons (Fsp3) is 0.222. The van der Waals surface area contributed by atoms with Crippen LogP contribution in [0.1, 0.15) is 12.5 Å². The lowest BCUT2D eigenvalue weighted by molar-refractivity contribution is 0.295. The van der Waals surface area contributed by atoms with Gasteiger partial charge in [-0.3, -0.25) is 0 Å². The first-order chi connectivity index (χ1) is 11.1. The van der Waals surface area contributed by atoms with Crippen LogP contribution >= 0.6 is 15.9 Å². The number of nitrogens with one attached hydrogen (secondary N) is 1. The Hall–Kier alpha value is -2.01. The first kappa shape index (κ1) is 17.3. The van der Waals surface area contributed by atoms with Gasteiger partial charge in [-0.05, 0) is 64.8 Å². The van der Waals surface area contributed by atoms with Crippen molar-refractivity contribution >= 4 is 21.6 Å². The van der Waals surface area contributed by atoms with Crippen molar-refractivity contribution in [3.05, 3.63) is 64.9 Å². The zero-order valence-corrected chi connectivity index (χ0v) is 14.5. The van der Waals surface area contributed by atoms with Gasteiger partial charge in [0.1, 0.15) is 12.4 Å². The zero-order chi connectivity index (χ0) is 16.7. The molecule has 0 aliphatic carbocycles. The third-order valence-corrected chi connectivity index (χ3v) is 3.64. The van der Waals surface area contributed by atoms with Crippen molar-refractivity contribution in [2.75, 3.05) is 18.5 Å². The minimum atomic E-state index is -0.249. The Labute approximate surface area is 144 Å². The van der Waals surface area contributed by atoms with E-state index in [0.717, 1.165) is 15.7 Å². The quantitative estimate of drug-likeness (QED) is 0.642. The van der Waals surface area contributed by atoms with Gasteiger partial charge in [0, 0.05) is 12.2 Å². The molecule has 122 valence electrons. The van der Waals surface area contributed by atoms with Gasteiger partial charge in [0.15, 0.2) is 11.5 Å². The van der Waals surface area contributed by atoms with E-state index < -0.39 is 0 Å². The van der Waals surface area contributed by atoms with E-state index in [2.05, 4.69) is 27.8 Å². The summed E-state index contributed by atoms with van der Waals surface area (Å²) in [4.78, 5) is 0. The summed E-state index contributed by atoms with van der Waals surface area (Å²) in [6.45, 7) is 7.12. The Kier molecular flexibility index (Phi) is 6.47. The molecule has 0 amide bonds. The van der Waals surface area contributed by atoms with Gasteiger partial charge < -0.3 is 14.8 Å². The summed E-state index contributed by atoms with van der Waals surface area (Å²) in [6.07, 6.45) is 1.69. The molecule has 0 aliphatic rings. The van der Waals surface area contributed by atoms with E-state index >= 15 is 0 Å². The molecule has 0 aliphatic heterocycles. The number of halogens is 2. The zero-order valence-electron chi connectivity index (χ0n) is 12.9. The molecule has 0 fully saturated rings. The van der Waals surface area contributed by atoms with E-state index in [1.165, 1.54) is 12.1 Å². The molecule has 0 heterocycles. The summed E-state index contributed by atoms with van der Waals surface area (Å²) in [5, 5.41) is 3.25. The lowest BCUT2D eigenvalue weighted by Gasteiger charge is -2.15. The average Bonchev–Trinajstić information content (AvgIpc) is 2.54. The van der Waals surface area contributed by atoms with Crippen molar-refractivity contribution < 1.29 is 13.9 Å². The Balaban J connectivity index is 2.15. The standard InChI is InChI=1S/C18H19BrFNO2/c1-3-9-23-18-16(19)10-13(11-17(18)22-4-2)12-21-15-7-5-14(20)6-8-15/h3,5-8,10-11,21H,1,4,9,12H2,2H3. The molecule has 0 aromatic heterocycles. The second-order valence-corrected chi connectivity index (χ2v) is 5.65. The van der Waals surface area contributed by atoms with E-state index in [-0.39, 0.29) is 5.82 Å². The Bertz CT molecular complexity index is 659. The lowest BCUT2D eigenvalue weighted by atomic mass is 10.2. The molecule has 2 aromatic carbocycles. The van der Waals surface area contributed by atoms with Gasteiger partial charge >= 0.3 is 0 Å². The molecule has 0 bridgehead atoms. The molecule has 2 rings (SSSR count). The SMILES string of the molecule is C=CCOc1c(Br)cc(CNc2ccc(F)cc2)cc1OCC. The predicted octanol–water partition coefficient (Wildman–Crippen LogP) is 5.16. The fourth-order valence-corrected chi connectivity index (χ4v) is 2.64. The van der Waals surface area contributed by atoms with Gasteiger partial charge in [0.2, 0.25) is 0 Å². The number of rotatable bonds is 8. The van der Waals surface area contributed by atoms with Crippen LogP contribution < -0.4 is 14.8 Å². The van der Waals surface area contributed by atoms with Crippen molar-refractivity contribution in [3.8, 4) is 11.5 Å². The predicted molar refractivity (Wildman–Crippen MR) is 94.7 cm³/mol. The molecule has 3 nitrogen and oxygen atoms in total. The van der Waals surface area contributed by atoms with Crippen molar-refractivity contribution in [3.63, 3.8) is 0 Å². The van der Waals surface area contributed by atoms with Gasteiger partial charge in [-0.15, -0.1) is 0 Å². The summed E-state index contributed by atoms with van der Waals surface area (Å²) < 4.78 is 25.0. The van der Waals surface area contributed by atoms with Crippen LogP contribution in [-0.2, 0) is 6.54 Å². The first-order valence-corrected chi connectivity index (χ1v) is 8.11. The molecular weight excluding hydrogens is 361 g/mol. The molecule has 2 aromatic rings. The van der Waals surface area contributed by atoms with Crippen LogP contribution in [0.15, 0.2) is 53.5 Å². The summed E-state index contributed by atoms with van der Waals surface area (Å²) in [6, 6.07) is 10.2. The normalized spacial score (nSPS) is 10.2. The van der Waals surface area contributed by atoms with E-state index in [1.54, 1.807) is 18.2 Å². The first-order valence-electron chi connectivity index (χ1n) is 7.32. The number of anilines is 1. The van der Waals surface area contributed by atoms with Crippen molar-refractivity contribution in [2.24, 2.45) is 0 Å². The summed E-state index contributed by atoms with van der Waals surface area (Å²) in [7, 11) is 0. The van der Waals surface area contributed by atoms with Crippen LogP contribution in [-0.4, -0.2) is 13.2 Å². The van der Waals surface area contributed by atoms with Gasteiger partial charge in [-0.25, -0.2) is 4.39 Å². The third kappa shape index (κ3) is 4.99. The third-order valence-electron chi connectivity index (χ3n) is 3.06. The summed E-state index contributed by atoms with van der Waals surface area (Å²) in [5.74, 6) is 1.09. The Morgan fingerprint density at radius 3 is 2.61 bits per heavy atom. The van der Waals surface area contributed by atoms with E-state index in [0.29, 0.717) is 31.3 Å². The molecule has 23 heavy (non-hydrogen) atoms. The summed E-state index contributed by atoms with van der Waals surface area (Å²) in [5.41, 5.74) is 1.88. The second-order valence-electron chi connectivity index (χ2n) is 4.80. The number of hydrogen-bond donors (Lipinski definition) is 1. The number of hydrogen-bond acceptors (Lipinski definition) is 3. The van der Waals surface area contributed by atoms with Gasteiger partial charge in [0.05, 0.1) is 11.1 Å². The highest BCUT2D eigenvalue weighted by atomic mass is 79.9. The highest BCUT2D eigenvalue weighted by Gasteiger charge is 2.12. The average molecular weight is 380 g/mol. The van der Waals surface area contributed by atoms with Crippen LogP contribution in [0.3, 0.4) is 0 Å². The highest BCUT2D eigenvalue weighted by Crippen LogP contribution is 2.37. The Morgan fingerprint density at radius 2 is 1.96 bits per heavy atom. The topological polar surface area (TPSA) is 30.5 Å². The van der Waals surface area contributed by atoms with Gasteiger partial charge in [-0.1, -0.05) is 12.7 Å². The Morgan fingerprint density at radius 1 is 1.22 bits per heavy atom. The van der Waals surface area contributed by atoms with Gasteiger partial charge in [-0.2, -0.15) is 0 Å². The molecular formula is C18H19BrFNO2. The smallest absolute Gasteiger partial charge is 0.175 e. The van der Waals surface area contributed by atoms with Crippen LogP contribution in [0, 0.1) is 5.82 Å². The largest absolute Gasteiger partial charge is 0.490 e. The molecule has 1 N–H and O–H groups in total. The fourth-order valence-electron chi connectivity index (χ4n) is 2.04. The van der Waals surface area contributed by atoms with Crippen LogP contribution in [0.25, 0.3) is 0 Å². The van der Waals surface area contributed by atoms with Gasteiger partial charge in [0.25, 0.3) is 0 Å². The maximum atomic E-state index is 12.9. The molecule has 0 atom stereocenters. The van der Waals surface area contributed by atoms with E-state index in [9.17, 15) is 4.39 Å². The maximum absolute atomic E-state index is 12.9. The van der Waals surface area contributed by atoms with Crippen molar-refractivity contribution in [2.45, 2.75) is 13.5 Å². The monoisotopic (exact) mass is 379 g/mol. The lowest BCUT2D eigenvalue weighted by Crippen LogP contribution is -2.03. The summed E-state index contributed by atoms with van der Waals surface area (Å²) >= 11 is 3.52. The second kappa shape index (κ2) is 8.58. The molecule has 0 unspecified atom stereocenters. The minimum absolute atomic E-state index is 0.249. The highest BCUT2D eigenvalue weighted by molar-refractivity contribution is 9.10. The molecule has 0 saturated heterocycles. The maximum Gasteiger partial charge on any atom is 0.175 e. The van der Waals surface area contributed by atoms with Crippen LogP contribution in [0.5, 0.6) is 11.5 Å². The van der Waals surface area contributed by atoms with Crippen molar-refractivity contribution in [1.82, 2.24) is 0 Å². The van der Waals surface area contributed by atoms with Crippen LogP contribution in [0.2, 0.25) is 0 Å². The molecule has 0 radical (unpaired) electrons. The van der Waals surface area contributed by atoms with E-state index in [4.69, 9.17) is 9.47 Å². The van der Waals surface area contributed by atoms with Crippen LogP contribution in [0.4, 0.5) is 10.1 Å². The molecule has 0 saturated carbocycles. The molecule has 5 heteroatoms. The molecule has 0 spiro atoms.